The molecule has 1 aliphatic heterocycles. The molecule has 1 fully saturated rings. The second kappa shape index (κ2) is 5.70. The Kier molecular flexibility index (Phi) is 3.91. The van der Waals surface area contributed by atoms with Gasteiger partial charge in [0, 0.05) is 11.8 Å². The Labute approximate surface area is 126 Å². The van der Waals surface area contributed by atoms with Gasteiger partial charge in [-0.25, -0.2) is 10.0 Å². The average molecular weight is 303 g/mol. The zero-order valence-electron chi connectivity index (χ0n) is 12.4. The van der Waals surface area contributed by atoms with Gasteiger partial charge in [0.05, 0.1) is 12.1 Å². The molecule has 0 amide bonds. The minimum Gasteiger partial charge on any atom is -0.360 e. The number of nitrogens with zero attached hydrogens (tertiary/aromatic N) is 1. The van der Waals surface area contributed by atoms with Crippen LogP contribution in [0.2, 0.25) is 0 Å². The fourth-order valence-corrected chi connectivity index (χ4v) is 4.41. The summed E-state index contributed by atoms with van der Waals surface area (Å²) in [5.41, 5.74) is 1.95. The van der Waals surface area contributed by atoms with E-state index < -0.39 is 0 Å². The molecule has 4 heteroatoms. The number of fused-ring (bicyclic) bond motifs is 1. The molecule has 2 heterocycles. The van der Waals surface area contributed by atoms with Crippen LogP contribution in [0.15, 0.2) is 41.7 Å². The highest BCUT2D eigenvalue weighted by Gasteiger charge is 2.30. The predicted molar refractivity (Wildman–Crippen MR) is 92.4 cm³/mol. The van der Waals surface area contributed by atoms with Gasteiger partial charge in [0.25, 0.3) is 5.56 Å². The second-order valence-corrected chi connectivity index (χ2v) is 9.93. The van der Waals surface area contributed by atoms with Crippen molar-refractivity contribution in [3.05, 3.63) is 52.8 Å². The van der Waals surface area contributed by atoms with Crippen LogP contribution >= 0.6 is 10.0 Å². The number of rotatable bonds is 6. The van der Waals surface area contributed by atoms with Crippen molar-refractivity contribution in [1.82, 2.24) is 4.57 Å². The van der Waals surface area contributed by atoms with E-state index in [1.807, 2.05) is 30.3 Å². The Morgan fingerprint density at radius 1 is 1.33 bits per heavy atom. The minimum atomic E-state index is -0.314. The molecule has 0 bridgehead atoms. The van der Waals surface area contributed by atoms with Crippen molar-refractivity contribution in [2.75, 3.05) is 30.1 Å². The SMILES string of the molecule is C=Cc1ccc2c(ccc(=O)n2COCCS2(C)CC2)c1. The Balaban J connectivity index is 1.78. The molecule has 3 rings (SSSR count). The van der Waals surface area contributed by atoms with Crippen LogP contribution in [0.5, 0.6) is 0 Å². The van der Waals surface area contributed by atoms with Crippen LogP contribution in [0, 0.1) is 0 Å². The first kappa shape index (κ1) is 14.4. The van der Waals surface area contributed by atoms with E-state index in [1.54, 1.807) is 10.6 Å². The van der Waals surface area contributed by atoms with Gasteiger partial charge in [-0.1, -0.05) is 18.7 Å². The summed E-state index contributed by atoms with van der Waals surface area (Å²) in [6, 6.07) is 9.43. The number of pyridine rings is 1. The van der Waals surface area contributed by atoms with E-state index >= 15 is 0 Å². The summed E-state index contributed by atoms with van der Waals surface area (Å²) < 4.78 is 7.45. The van der Waals surface area contributed by atoms with Gasteiger partial charge in [-0.05, 0) is 46.9 Å². The van der Waals surface area contributed by atoms with Gasteiger partial charge in [0.15, 0.2) is 0 Å². The maximum absolute atomic E-state index is 12.1. The fraction of sp³-hybridized carbons (Fsp3) is 0.353. The van der Waals surface area contributed by atoms with E-state index in [4.69, 9.17) is 4.74 Å². The van der Waals surface area contributed by atoms with Crippen molar-refractivity contribution in [3.8, 4) is 0 Å². The number of hydrogen-bond acceptors (Lipinski definition) is 2. The van der Waals surface area contributed by atoms with Gasteiger partial charge < -0.3 is 4.74 Å². The maximum atomic E-state index is 12.1. The Bertz CT molecular complexity index is 731. The molecule has 3 nitrogen and oxygen atoms in total. The normalized spacial score (nSPS) is 17.6. The molecule has 1 aliphatic rings. The van der Waals surface area contributed by atoms with Crippen LogP contribution in [0.3, 0.4) is 0 Å². The van der Waals surface area contributed by atoms with E-state index in [1.165, 1.54) is 11.5 Å². The molecule has 0 saturated carbocycles. The zero-order chi connectivity index (χ0) is 14.9. The molecule has 21 heavy (non-hydrogen) atoms. The molecule has 2 aromatic rings. The van der Waals surface area contributed by atoms with Gasteiger partial charge in [-0.3, -0.25) is 9.36 Å². The Morgan fingerprint density at radius 2 is 2.14 bits per heavy atom. The van der Waals surface area contributed by atoms with Crippen molar-refractivity contribution >= 4 is 27.0 Å². The quantitative estimate of drug-likeness (QED) is 0.606. The Hall–Kier alpha value is -1.52. The molecule has 0 spiro atoms. The number of ether oxygens (including phenoxy) is 1. The molecule has 0 N–H and O–H groups in total. The molecule has 0 radical (unpaired) electrons. The lowest BCUT2D eigenvalue weighted by molar-refractivity contribution is 0.0904. The van der Waals surface area contributed by atoms with Gasteiger partial charge >= 0.3 is 0 Å². The lowest BCUT2D eigenvalue weighted by Gasteiger charge is -2.15. The van der Waals surface area contributed by atoms with Crippen LogP contribution in [-0.2, 0) is 11.5 Å². The van der Waals surface area contributed by atoms with Crippen LogP contribution in [-0.4, -0.2) is 34.7 Å². The lowest BCUT2D eigenvalue weighted by Crippen LogP contribution is -2.21. The highest BCUT2D eigenvalue weighted by atomic mass is 32.3. The summed E-state index contributed by atoms with van der Waals surface area (Å²) >= 11 is 0. The Morgan fingerprint density at radius 3 is 2.86 bits per heavy atom. The molecule has 0 unspecified atom stereocenters. The van der Waals surface area contributed by atoms with E-state index in [9.17, 15) is 4.79 Å². The molecular weight excluding hydrogens is 282 g/mol. The molecule has 1 aromatic heterocycles. The van der Waals surface area contributed by atoms with Crippen molar-refractivity contribution in [3.63, 3.8) is 0 Å². The average Bonchev–Trinajstić information content (AvgIpc) is 3.23. The third-order valence-electron chi connectivity index (χ3n) is 4.09. The number of benzene rings is 1. The zero-order valence-corrected chi connectivity index (χ0v) is 13.2. The molecule has 1 aromatic carbocycles. The first-order valence-electron chi connectivity index (χ1n) is 7.16. The minimum absolute atomic E-state index is 0.0150. The highest BCUT2D eigenvalue weighted by molar-refractivity contribution is 8.38. The highest BCUT2D eigenvalue weighted by Crippen LogP contribution is 2.57. The van der Waals surface area contributed by atoms with Crippen LogP contribution < -0.4 is 5.56 Å². The summed E-state index contributed by atoms with van der Waals surface area (Å²) in [5, 5.41) is 1.04. The third-order valence-corrected chi connectivity index (χ3v) is 7.05. The lowest BCUT2D eigenvalue weighted by atomic mass is 10.1. The van der Waals surface area contributed by atoms with Crippen LogP contribution in [0.1, 0.15) is 5.56 Å². The third kappa shape index (κ3) is 3.22. The number of hydrogen-bond donors (Lipinski definition) is 0. The van der Waals surface area contributed by atoms with E-state index in [0.29, 0.717) is 6.73 Å². The summed E-state index contributed by atoms with van der Waals surface area (Å²) in [6.07, 6.45) is 4.18. The van der Waals surface area contributed by atoms with E-state index in [2.05, 4.69) is 12.8 Å². The first-order chi connectivity index (χ1) is 10.1. The van der Waals surface area contributed by atoms with Gasteiger partial charge in [-0.15, -0.1) is 0 Å². The fourth-order valence-electron chi connectivity index (χ4n) is 2.34. The van der Waals surface area contributed by atoms with Gasteiger partial charge in [0.2, 0.25) is 0 Å². The van der Waals surface area contributed by atoms with Crippen molar-refractivity contribution < 1.29 is 4.74 Å². The summed E-state index contributed by atoms with van der Waals surface area (Å²) in [4.78, 5) is 12.1. The topological polar surface area (TPSA) is 31.2 Å². The van der Waals surface area contributed by atoms with Crippen molar-refractivity contribution in [2.24, 2.45) is 0 Å². The monoisotopic (exact) mass is 303 g/mol. The van der Waals surface area contributed by atoms with E-state index in [0.717, 1.165) is 28.8 Å². The smallest absolute Gasteiger partial charge is 0.252 e. The standard InChI is InChI=1S/C17H21NO2S/c1-3-14-4-6-16-15(12-14)5-7-17(19)18(16)13-20-8-9-21(2)10-11-21/h3-7,12H,1,8-11,13H2,2H3. The summed E-state index contributed by atoms with van der Waals surface area (Å²) in [6.45, 7) is 4.86. The van der Waals surface area contributed by atoms with Crippen molar-refractivity contribution in [1.29, 1.82) is 0 Å². The van der Waals surface area contributed by atoms with Gasteiger partial charge in [0.1, 0.15) is 6.73 Å². The van der Waals surface area contributed by atoms with E-state index in [-0.39, 0.29) is 15.6 Å². The first-order valence-corrected chi connectivity index (χ1v) is 9.71. The summed E-state index contributed by atoms with van der Waals surface area (Å²) in [7, 11) is -0.314. The molecule has 112 valence electrons. The number of aromatic nitrogens is 1. The largest absolute Gasteiger partial charge is 0.360 e. The van der Waals surface area contributed by atoms with Gasteiger partial charge in [-0.2, -0.15) is 0 Å². The van der Waals surface area contributed by atoms with Crippen molar-refractivity contribution in [2.45, 2.75) is 6.73 Å². The summed E-state index contributed by atoms with van der Waals surface area (Å²) in [5.74, 6) is 3.93. The second-order valence-electron chi connectivity index (χ2n) is 5.75. The molecule has 0 aliphatic carbocycles. The molecule has 0 atom stereocenters. The van der Waals surface area contributed by atoms with Crippen LogP contribution in [0.25, 0.3) is 17.0 Å². The predicted octanol–water partition coefficient (Wildman–Crippen LogP) is 3.07. The molecule has 1 saturated heterocycles. The van der Waals surface area contributed by atoms with Crippen LogP contribution in [0.4, 0.5) is 0 Å². The maximum Gasteiger partial charge on any atom is 0.252 e. The molecular formula is C17H21NO2S.